The molecule has 2 N–H and O–H groups in total. The lowest BCUT2D eigenvalue weighted by atomic mass is 10.1. The molecule has 0 aliphatic rings. The van der Waals surface area contributed by atoms with Crippen molar-refractivity contribution in [1.82, 2.24) is 14.7 Å². The molecule has 162 valence electrons. The van der Waals surface area contributed by atoms with Crippen LogP contribution in [0.1, 0.15) is 22.4 Å². The first kappa shape index (κ1) is 22.2. The van der Waals surface area contributed by atoms with Crippen LogP contribution < -0.4 is 10.6 Å². The molecule has 0 fully saturated rings. The number of hydrogen-bond acceptors (Lipinski definition) is 4. The minimum absolute atomic E-state index is 0.0817. The smallest absolute Gasteiger partial charge is 0.239 e. The Morgan fingerprint density at radius 3 is 2.26 bits per heavy atom. The number of aromatic nitrogens is 2. The van der Waals surface area contributed by atoms with Crippen molar-refractivity contribution in [2.75, 3.05) is 30.8 Å². The Labute approximate surface area is 183 Å². The van der Waals surface area contributed by atoms with Gasteiger partial charge in [0.05, 0.1) is 24.5 Å². The number of nitrogens with one attached hydrogen (secondary N) is 2. The number of likely N-dealkylation sites (N-methyl/N-ethyl adjacent to an activating group) is 1. The molecule has 0 radical (unpaired) electrons. The molecule has 0 aliphatic heterocycles. The van der Waals surface area contributed by atoms with E-state index in [0.717, 1.165) is 33.8 Å². The highest BCUT2D eigenvalue weighted by Crippen LogP contribution is 2.19. The molecule has 2 aromatic carbocycles. The third-order valence-electron chi connectivity index (χ3n) is 5.08. The van der Waals surface area contributed by atoms with Crippen LogP contribution in [0.4, 0.5) is 11.5 Å². The molecule has 0 saturated carbocycles. The second-order valence-electron chi connectivity index (χ2n) is 7.93. The van der Waals surface area contributed by atoms with E-state index in [0.29, 0.717) is 5.82 Å². The average molecular weight is 420 g/mol. The van der Waals surface area contributed by atoms with E-state index in [1.807, 2.05) is 76.2 Å². The summed E-state index contributed by atoms with van der Waals surface area (Å²) in [6.07, 6.45) is 0. The molecular weight excluding hydrogens is 390 g/mol. The standard InChI is InChI=1S/C24H29N5O2/c1-16-9-11-20(12-10-16)29-22(13-18(3)27-29)26-24(31)15-28(5)14-23(30)25-21-8-6-7-17(2)19(21)4/h6-13H,14-15H2,1-5H3,(H,25,30)(H,26,31). The predicted molar refractivity (Wildman–Crippen MR) is 124 cm³/mol. The van der Waals surface area contributed by atoms with Crippen molar-refractivity contribution >= 4 is 23.3 Å². The third-order valence-corrected chi connectivity index (χ3v) is 5.08. The zero-order valence-corrected chi connectivity index (χ0v) is 18.7. The number of hydrogen-bond donors (Lipinski definition) is 2. The Morgan fingerprint density at radius 1 is 0.935 bits per heavy atom. The summed E-state index contributed by atoms with van der Waals surface area (Å²) in [5.74, 6) is 0.222. The number of carbonyl (C=O) groups is 2. The Balaban J connectivity index is 1.59. The molecule has 0 bridgehead atoms. The van der Waals surface area contributed by atoms with E-state index in [9.17, 15) is 9.59 Å². The van der Waals surface area contributed by atoms with Gasteiger partial charge in [0, 0.05) is 11.8 Å². The lowest BCUT2D eigenvalue weighted by Crippen LogP contribution is -2.36. The topological polar surface area (TPSA) is 79.3 Å². The molecule has 1 aromatic heterocycles. The molecule has 0 saturated heterocycles. The normalized spacial score (nSPS) is 10.9. The summed E-state index contributed by atoms with van der Waals surface area (Å²) in [6.45, 7) is 8.07. The summed E-state index contributed by atoms with van der Waals surface area (Å²) in [4.78, 5) is 26.7. The van der Waals surface area contributed by atoms with Gasteiger partial charge in [-0.25, -0.2) is 4.68 Å². The van der Waals surface area contributed by atoms with Gasteiger partial charge in [0.25, 0.3) is 0 Å². The number of aryl methyl sites for hydroxylation is 3. The Bertz CT molecular complexity index is 1090. The lowest BCUT2D eigenvalue weighted by Gasteiger charge is -2.17. The van der Waals surface area contributed by atoms with Crippen molar-refractivity contribution < 1.29 is 9.59 Å². The van der Waals surface area contributed by atoms with Crippen molar-refractivity contribution in [1.29, 1.82) is 0 Å². The number of rotatable bonds is 7. The van der Waals surface area contributed by atoms with Gasteiger partial charge in [-0.05, 0) is 64.1 Å². The predicted octanol–water partition coefficient (Wildman–Crippen LogP) is 3.61. The Hall–Kier alpha value is -3.45. The average Bonchev–Trinajstić information content (AvgIpc) is 3.05. The van der Waals surface area contributed by atoms with Crippen LogP contribution in [0.3, 0.4) is 0 Å². The number of anilines is 2. The second kappa shape index (κ2) is 9.57. The van der Waals surface area contributed by atoms with E-state index < -0.39 is 0 Å². The summed E-state index contributed by atoms with van der Waals surface area (Å²) in [5.41, 5.74) is 5.77. The van der Waals surface area contributed by atoms with Crippen molar-refractivity contribution in [3.8, 4) is 5.69 Å². The fraction of sp³-hybridized carbons (Fsp3) is 0.292. The van der Waals surface area contributed by atoms with Gasteiger partial charge in [0.2, 0.25) is 11.8 Å². The van der Waals surface area contributed by atoms with Gasteiger partial charge < -0.3 is 10.6 Å². The first-order valence-corrected chi connectivity index (χ1v) is 10.2. The molecular formula is C24H29N5O2. The van der Waals surface area contributed by atoms with Crippen molar-refractivity contribution in [2.45, 2.75) is 27.7 Å². The van der Waals surface area contributed by atoms with Crippen molar-refractivity contribution in [2.24, 2.45) is 0 Å². The quantitative estimate of drug-likeness (QED) is 0.613. The van der Waals surface area contributed by atoms with Crippen LogP contribution in [0, 0.1) is 27.7 Å². The van der Waals surface area contributed by atoms with Gasteiger partial charge in [-0.3, -0.25) is 14.5 Å². The monoisotopic (exact) mass is 419 g/mol. The summed E-state index contributed by atoms with van der Waals surface area (Å²) in [6, 6.07) is 15.5. The Kier molecular flexibility index (Phi) is 6.87. The fourth-order valence-electron chi connectivity index (χ4n) is 3.28. The van der Waals surface area contributed by atoms with Crippen LogP contribution in [-0.4, -0.2) is 46.6 Å². The van der Waals surface area contributed by atoms with Gasteiger partial charge in [-0.2, -0.15) is 5.10 Å². The summed E-state index contributed by atoms with van der Waals surface area (Å²) in [5, 5.41) is 10.3. The molecule has 0 atom stereocenters. The zero-order valence-electron chi connectivity index (χ0n) is 18.7. The fourth-order valence-corrected chi connectivity index (χ4v) is 3.28. The zero-order chi connectivity index (χ0) is 22.5. The molecule has 1 heterocycles. The maximum absolute atomic E-state index is 12.6. The van der Waals surface area contributed by atoms with Gasteiger partial charge in [-0.1, -0.05) is 29.8 Å². The molecule has 3 rings (SSSR count). The van der Waals surface area contributed by atoms with Gasteiger partial charge in [-0.15, -0.1) is 0 Å². The molecule has 0 aliphatic carbocycles. The van der Waals surface area contributed by atoms with Crippen molar-refractivity contribution in [3.05, 3.63) is 70.9 Å². The minimum atomic E-state index is -0.213. The summed E-state index contributed by atoms with van der Waals surface area (Å²) in [7, 11) is 1.74. The van der Waals surface area contributed by atoms with Crippen LogP contribution in [0.5, 0.6) is 0 Å². The van der Waals surface area contributed by atoms with Crippen LogP contribution in [-0.2, 0) is 9.59 Å². The number of nitrogens with zero attached hydrogens (tertiary/aromatic N) is 3. The summed E-state index contributed by atoms with van der Waals surface area (Å²) < 4.78 is 1.71. The molecule has 2 amide bonds. The van der Waals surface area contributed by atoms with E-state index in [1.54, 1.807) is 16.6 Å². The van der Waals surface area contributed by atoms with E-state index in [-0.39, 0.29) is 24.9 Å². The number of carbonyl (C=O) groups excluding carboxylic acids is 2. The van der Waals surface area contributed by atoms with Crippen LogP contribution in [0.25, 0.3) is 5.69 Å². The highest BCUT2D eigenvalue weighted by molar-refractivity contribution is 5.95. The van der Waals surface area contributed by atoms with Crippen molar-refractivity contribution in [3.63, 3.8) is 0 Å². The van der Waals surface area contributed by atoms with E-state index >= 15 is 0 Å². The second-order valence-corrected chi connectivity index (χ2v) is 7.93. The lowest BCUT2D eigenvalue weighted by molar-refractivity contribution is -0.119. The molecule has 0 spiro atoms. The number of amides is 2. The maximum Gasteiger partial charge on any atom is 0.239 e. The van der Waals surface area contributed by atoms with Crippen LogP contribution >= 0.6 is 0 Å². The first-order valence-electron chi connectivity index (χ1n) is 10.2. The first-order chi connectivity index (χ1) is 14.7. The number of benzene rings is 2. The van der Waals surface area contributed by atoms with Crippen LogP contribution in [0.2, 0.25) is 0 Å². The van der Waals surface area contributed by atoms with Gasteiger partial charge in [0.1, 0.15) is 5.82 Å². The Morgan fingerprint density at radius 2 is 1.58 bits per heavy atom. The SMILES string of the molecule is Cc1ccc(-n2nc(C)cc2NC(=O)CN(C)CC(=O)Nc2cccc(C)c2C)cc1. The minimum Gasteiger partial charge on any atom is -0.325 e. The molecule has 7 heteroatoms. The van der Waals surface area contributed by atoms with Crippen LogP contribution in [0.15, 0.2) is 48.5 Å². The highest BCUT2D eigenvalue weighted by Gasteiger charge is 2.15. The maximum atomic E-state index is 12.6. The van der Waals surface area contributed by atoms with E-state index in [1.165, 1.54) is 0 Å². The van der Waals surface area contributed by atoms with Gasteiger partial charge >= 0.3 is 0 Å². The molecule has 0 unspecified atom stereocenters. The molecule has 3 aromatic rings. The summed E-state index contributed by atoms with van der Waals surface area (Å²) >= 11 is 0. The van der Waals surface area contributed by atoms with E-state index in [4.69, 9.17) is 0 Å². The van der Waals surface area contributed by atoms with Gasteiger partial charge in [0.15, 0.2) is 0 Å². The molecule has 31 heavy (non-hydrogen) atoms. The van der Waals surface area contributed by atoms with E-state index in [2.05, 4.69) is 15.7 Å². The molecule has 7 nitrogen and oxygen atoms in total. The largest absolute Gasteiger partial charge is 0.325 e. The third kappa shape index (κ3) is 5.79. The highest BCUT2D eigenvalue weighted by atomic mass is 16.2.